The molecule has 0 spiro atoms. The Balaban J connectivity index is 2.34. The van der Waals surface area contributed by atoms with Gasteiger partial charge in [0.1, 0.15) is 0 Å². The zero-order valence-corrected chi connectivity index (χ0v) is 14.2. The van der Waals surface area contributed by atoms with Crippen LogP contribution in [0, 0.1) is 20.8 Å². The van der Waals surface area contributed by atoms with Crippen molar-refractivity contribution in [3.63, 3.8) is 0 Å². The molecule has 1 atom stereocenters. The Kier molecular flexibility index (Phi) is 5.07. The lowest BCUT2D eigenvalue weighted by atomic mass is 10.1. The lowest BCUT2D eigenvalue weighted by molar-refractivity contribution is 0.613. The summed E-state index contributed by atoms with van der Waals surface area (Å²) in [6.45, 7) is 9.66. The van der Waals surface area contributed by atoms with Crippen molar-refractivity contribution in [2.45, 2.75) is 40.2 Å². The van der Waals surface area contributed by atoms with E-state index in [0.717, 1.165) is 17.3 Å². The Hall–Kier alpha value is -0.350. The van der Waals surface area contributed by atoms with E-state index in [4.69, 9.17) is 11.6 Å². The molecule has 1 N–H and O–H groups in total. The van der Waals surface area contributed by atoms with E-state index in [2.05, 4.69) is 45.1 Å². The number of nitrogens with one attached hydrogen (secondary N) is 1. The molecule has 0 saturated heterocycles. The molecule has 2 aromatic heterocycles. The van der Waals surface area contributed by atoms with Crippen LogP contribution < -0.4 is 5.32 Å². The van der Waals surface area contributed by atoms with Gasteiger partial charge in [-0.2, -0.15) is 0 Å². The van der Waals surface area contributed by atoms with E-state index in [0.29, 0.717) is 0 Å². The Morgan fingerprint density at radius 2 is 1.74 bits per heavy atom. The van der Waals surface area contributed by atoms with Gasteiger partial charge >= 0.3 is 0 Å². The largest absolute Gasteiger partial charge is 0.305 e. The van der Waals surface area contributed by atoms with Crippen LogP contribution in [0.2, 0.25) is 4.34 Å². The Morgan fingerprint density at radius 1 is 1.11 bits per heavy atom. The molecule has 1 nitrogen and oxygen atoms in total. The molecule has 0 aromatic carbocycles. The zero-order valence-electron chi connectivity index (χ0n) is 11.8. The van der Waals surface area contributed by atoms with Gasteiger partial charge in [0.2, 0.25) is 0 Å². The van der Waals surface area contributed by atoms with E-state index in [-0.39, 0.29) is 6.04 Å². The molecule has 0 amide bonds. The van der Waals surface area contributed by atoms with Crippen molar-refractivity contribution >= 4 is 34.3 Å². The summed E-state index contributed by atoms with van der Waals surface area (Å²) in [5.41, 5.74) is 2.55. The second-order valence-corrected chi connectivity index (χ2v) is 7.85. The average molecular weight is 314 g/mol. The maximum atomic E-state index is 6.23. The summed E-state index contributed by atoms with van der Waals surface area (Å²) >= 11 is 9.80. The average Bonchev–Trinajstić information content (AvgIpc) is 2.85. The minimum atomic E-state index is 0.286. The third-order valence-corrected chi connectivity index (χ3v) is 6.07. The second-order valence-electron chi connectivity index (χ2n) is 4.88. The normalized spacial score (nSPS) is 12.9. The summed E-state index contributed by atoms with van der Waals surface area (Å²) in [6.07, 6.45) is 1.14. The fourth-order valence-electron chi connectivity index (χ4n) is 2.00. The fraction of sp³-hybridized carbons (Fsp3) is 0.467. The summed E-state index contributed by atoms with van der Waals surface area (Å²) in [6, 6.07) is 4.80. The van der Waals surface area contributed by atoms with Gasteiger partial charge in [0, 0.05) is 14.6 Å². The van der Waals surface area contributed by atoms with Crippen molar-refractivity contribution < 1.29 is 0 Å². The molecule has 0 bridgehead atoms. The van der Waals surface area contributed by atoms with E-state index in [1.165, 1.54) is 25.8 Å². The number of halogens is 1. The quantitative estimate of drug-likeness (QED) is 0.771. The molecule has 0 aliphatic heterocycles. The molecule has 0 saturated carbocycles. The first-order chi connectivity index (χ1) is 9.02. The lowest BCUT2D eigenvalue weighted by Gasteiger charge is -2.15. The van der Waals surface area contributed by atoms with Gasteiger partial charge in [-0.3, -0.25) is 0 Å². The Morgan fingerprint density at radius 3 is 2.21 bits per heavy atom. The van der Waals surface area contributed by atoms with E-state index in [1.54, 1.807) is 11.3 Å². The highest BCUT2D eigenvalue weighted by Crippen LogP contribution is 2.37. The minimum Gasteiger partial charge on any atom is -0.305 e. The Labute approximate surface area is 128 Å². The summed E-state index contributed by atoms with van der Waals surface area (Å²) in [5.74, 6) is 0. The number of rotatable bonds is 5. The van der Waals surface area contributed by atoms with Crippen molar-refractivity contribution in [3.05, 3.63) is 42.2 Å². The molecule has 104 valence electrons. The van der Waals surface area contributed by atoms with Crippen LogP contribution in [-0.4, -0.2) is 6.54 Å². The van der Waals surface area contributed by atoms with Gasteiger partial charge in [-0.15, -0.1) is 22.7 Å². The van der Waals surface area contributed by atoms with E-state index in [9.17, 15) is 0 Å². The van der Waals surface area contributed by atoms with Gasteiger partial charge < -0.3 is 5.32 Å². The van der Waals surface area contributed by atoms with Gasteiger partial charge in [-0.25, -0.2) is 0 Å². The number of hydrogen-bond acceptors (Lipinski definition) is 3. The molecular weight excluding hydrogens is 294 g/mol. The standard InChI is InChI=1S/C15H20ClNS2/c1-5-6-17-14(12-7-9(2)11(4)18-12)13-8-10(3)15(16)19-13/h7-8,14,17H,5-6H2,1-4H3. The molecule has 0 aliphatic carbocycles. The first-order valence-corrected chi connectivity index (χ1v) is 8.60. The Bertz CT molecular complexity index is 471. The molecule has 0 aliphatic rings. The van der Waals surface area contributed by atoms with Crippen LogP contribution in [0.25, 0.3) is 0 Å². The third-order valence-electron chi connectivity index (χ3n) is 3.23. The molecule has 0 fully saturated rings. The van der Waals surface area contributed by atoms with E-state index < -0.39 is 0 Å². The first-order valence-electron chi connectivity index (χ1n) is 6.59. The minimum absolute atomic E-state index is 0.286. The van der Waals surface area contributed by atoms with Gasteiger partial charge in [-0.05, 0) is 57.0 Å². The molecule has 0 radical (unpaired) electrons. The molecule has 19 heavy (non-hydrogen) atoms. The van der Waals surface area contributed by atoms with Crippen molar-refractivity contribution in [1.82, 2.24) is 5.32 Å². The molecule has 2 aromatic rings. The van der Waals surface area contributed by atoms with Crippen molar-refractivity contribution in [2.24, 2.45) is 0 Å². The third kappa shape index (κ3) is 3.40. The monoisotopic (exact) mass is 313 g/mol. The van der Waals surface area contributed by atoms with Crippen LogP contribution in [-0.2, 0) is 0 Å². The predicted octanol–water partition coefficient (Wildman–Crippen LogP) is 5.48. The van der Waals surface area contributed by atoms with Crippen LogP contribution >= 0.6 is 34.3 Å². The highest BCUT2D eigenvalue weighted by molar-refractivity contribution is 7.17. The molecule has 2 heterocycles. The maximum absolute atomic E-state index is 6.23. The molecule has 1 unspecified atom stereocenters. The van der Waals surface area contributed by atoms with Crippen LogP contribution in [0.3, 0.4) is 0 Å². The maximum Gasteiger partial charge on any atom is 0.0961 e. The van der Waals surface area contributed by atoms with Crippen molar-refractivity contribution in [1.29, 1.82) is 0 Å². The molecule has 2 rings (SSSR count). The number of thiophene rings is 2. The predicted molar refractivity (Wildman–Crippen MR) is 88.0 cm³/mol. The van der Waals surface area contributed by atoms with Gasteiger partial charge in [0.25, 0.3) is 0 Å². The lowest BCUT2D eigenvalue weighted by Crippen LogP contribution is -2.21. The van der Waals surface area contributed by atoms with Gasteiger partial charge in [0.05, 0.1) is 10.4 Å². The van der Waals surface area contributed by atoms with E-state index >= 15 is 0 Å². The number of aryl methyl sites for hydroxylation is 3. The summed E-state index contributed by atoms with van der Waals surface area (Å²) in [4.78, 5) is 4.11. The fourth-order valence-corrected chi connectivity index (χ4v) is 4.52. The SMILES string of the molecule is CCCNC(c1cc(C)c(C)s1)c1cc(C)c(Cl)s1. The van der Waals surface area contributed by atoms with Gasteiger partial charge in [-0.1, -0.05) is 18.5 Å². The molecular formula is C15H20ClNS2. The van der Waals surface area contributed by atoms with Crippen LogP contribution in [0.4, 0.5) is 0 Å². The first kappa shape index (κ1) is 15.0. The topological polar surface area (TPSA) is 12.0 Å². The summed E-state index contributed by atoms with van der Waals surface area (Å²) in [5, 5.41) is 3.65. The van der Waals surface area contributed by atoms with Crippen LogP contribution in [0.1, 0.15) is 45.1 Å². The van der Waals surface area contributed by atoms with Crippen LogP contribution in [0.5, 0.6) is 0 Å². The van der Waals surface area contributed by atoms with E-state index in [1.807, 2.05) is 11.3 Å². The highest BCUT2D eigenvalue weighted by Gasteiger charge is 2.19. The van der Waals surface area contributed by atoms with Gasteiger partial charge in [0.15, 0.2) is 0 Å². The van der Waals surface area contributed by atoms with Crippen molar-refractivity contribution in [3.8, 4) is 0 Å². The zero-order chi connectivity index (χ0) is 14.0. The molecule has 4 heteroatoms. The smallest absolute Gasteiger partial charge is 0.0961 e. The number of hydrogen-bond donors (Lipinski definition) is 1. The van der Waals surface area contributed by atoms with Crippen LogP contribution in [0.15, 0.2) is 12.1 Å². The highest BCUT2D eigenvalue weighted by atomic mass is 35.5. The van der Waals surface area contributed by atoms with Crippen molar-refractivity contribution in [2.75, 3.05) is 6.54 Å². The summed E-state index contributed by atoms with van der Waals surface area (Å²) in [7, 11) is 0. The summed E-state index contributed by atoms with van der Waals surface area (Å²) < 4.78 is 0.906. The second kappa shape index (κ2) is 6.40.